The average Bonchev–Trinajstić information content (AvgIpc) is 2.09. The van der Waals surface area contributed by atoms with E-state index < -0.39 is 0 Å². The summed E-state index contributed by atoms with van der Waals surface area (Å²) >= 11 is 10.7. The Morgan fingerprint density at radius 1 is 1.29 bits per heavy atom. The molecule has 1 aromatic carbocycles. The zero-order chi connectivity index (χ0) is 10.6. The fraction of sp³-hybridized carbons (Fsp3) is 0.200. The van der Waals surface area contributed by atoms with Gasteiger partial charge in [0.05, 0.1) is 0 Å². The molecule has 0 aromatic heterocycles. The third kappa shape index (κ3) is 3.41. The summed E-state index contributed by atoms with van der Waals surface area (Å²) in [6.45, 7) is 0. The van der Waals surface area contributed by atoms with E-state index in [0.717, 1.165) is 26.7 Å². The molecule has 0 aliphatic rings. The molecule has 0 radical (unpaired) electrons. The molecule has 0 saturated carbocycles. The molecule has 1 rings (SSSR count). The highest BCUT2D eigenvalue weighted by atomic mass is 79.9. The smallest absolute Gasteiger partial charge is 0.125 e. The summed E-state index contributed by atoms with van der Waals surface area (Å²) in [5, 5.41) is 0. The quantitative estimate of drug-likeness (QED) is 0.759. The van der Waals surface area contributed by atoms with E-state index in [9.17, 15) is 4.39 Å². The fourth-order valence-electron chi connectivity index (χ4n) is 0.988. The Kier molecular flexibility index (Phi) is 5.20. The van der Waals surface area contributed by atoms with Gasteiger partial charge in [-0.2, -0.15) is 12.6 Å². The molecule has 0 N–H and O–H groups in total. The molecule has 0 atom stereocenters. The van der Waals surface area contributed by atoms with Crippen molar-refractivity contribution in [3.05, 3.63) is 38.5 Å². The number of hydrogen-bond donors (Lipinski definition) is 1. The van der Waals surface area contributed by atoms with Gasteiger partial charge in [0.2, 0.25) is 0 Å². The van der Waals surface area contributed by atoms with Crippen LogP contribution in [0.3, 0.4) is 0 Å². The van der Waals surface area contributed by atoms with Crippen LogP contribution < -0.4 is 0 Å². The van der Waals surface area contributed by atoms with Crippen LogP contribution in [0.25, 0.3) is 6.08 Å². The standard InChI is InChI=1S/C10H9Br2FS/c11-9-5-7(13)6-10(12)8(9)3-1-2-4-14/h1,3,5-6,14H,2,4H2. The first-order valence-electron chi connectivity index (χ1n) is 4.07. The molecule has 0 nitrogen and oxygen atoms in total. The summed E-state index contributed by atoms with van der Waals surface area (Å²) in [5.74, 6) is 0.558. The summed E-state index contributed by atoms with van der Waals surface area (Å²) in [5.41, 5.74) is 0.952. The number of hydrogen-bond acceptors (Lipinski definition) is 1. The highest BCUT2D eigenvalue weighted by Crippen LogP contribution is 2.28. The van der Waals surface area contributed by atoms with Crippen LogP contribution in [0.1, 0.15) is 12.0 Å². The van der Waals surface area contributed by atoms with Crippen molar-refractivity contribution in [1.29, 1.82) is 0 Å². The Bertz CT molecular complexity index is 327. The first-order chi connectivity index (χ1) is 6.65. The van der Waals surface area contributed by atoms with Crippen molar-refractivity contribution < 1.29 is 4.39 Å². The second kappa shape index (κ2) is 5.93. The van der Waals surface area contributed by atoms with Crippen molar-refractivity contribution in [2.45, 2.75) is 6.42 Å². The molecule has 4 heteroatoms. The van der Waals surface area contributed by atoms with Gasteiger partial charge >= 0.3 is 0 Å². The molecular weight excluding hydrogens is 331 g/mol. The second-order valence-corrected chi connectivity index (χ2v) is 4.85. The first-order valence-corrected chi connectivity index (χ1v) is 6.29. The largest absolute Gasteiger partial charge is 0.207 e. The van der Waals surface area contributed by atoms with Gasteiger partial charge in [0, 0.05) is 14.5 Å². The fourth-order valence-corrected chi connectivity index (χ4v) is 2.53. The maximum absolute atomic E-state index is 12.9. The van der Waals surface area contributed by atoms with Crippen LogP contribution in [0.2, 0.25) is 0 Å². The number of allylic oxidation sites excluding steroid dienone is 1. The van der Waals surface area contributed by atoms with Gasteiger partial charge in [-0.1, -0.05) is 44.0 Å². The average molecular weight is 340 g/mol. The summed E-state index contributed by atoms with van der Waals surface area (Å²) in [7, 11) is 0. The van der Waals surface area contributed by atoms with Crippen LogP contribution in [0.4, 0.5) is 4.39 Å². The number of thiol groups is 1. The molecule has 1 aromatic rings. The molecule has 76 valence electrons. The minimum Gasteiger partial charge on any atom is -0.207 e. The predicted octanol–water partition coefficient (Wildman–Crippen LogP) is 4.68. The van der Waals surface area contributed by atoms with Crippen LogP contribution in [0.5, 0.6) is 0 Å². The first kappa shape index (κ1) is 12.3. The van der Waals surface area contributed by atoms with Gasteiger partial charge in [0.25, 0.3) is 0 Å². The van der Waals surface area contributed by atoms with Crippen molar-refractivity contribution in [1.82, 2.24) is 0 Å². The van der Waals surface area contributed by atoms with Gasteiger partial charge in [-0.3, -0.25) is 0 Å². The van der Waals surface area contributed by atoms with Crippen molar-refractivity contribution >= 4 is 50.6 Å². The lowest BCUT2D eigenvalue weighted by atomic mass is 10.2. The molecule has 0 fully saturated rings. The van der Waals surface area contributed by atoms with E-state index in [-0.39, 0.29) is 5.82 Å². The van der Waals surface area contributed by atoms with Crippen molar-refractivity contribution in [3.63, 3.8) is 0 Å². The third-order valence-electron chi connectivity index (χ3n) is 1.62. The van der Waals surface area contributed by atoms with E-state index in [1.54, 1.807) is 0 Å². The number of halogens is 3. The van der Waals surface area contributed by atoms with Gasteiger partial charge in [0.1, 0.15) is 5.82 Å². The second-order valence-electron chi connectivity index (χ2n) is 2.70. The lowest BCUT2D eigenvalue weighted by Gasteiger charge is -2.02. The van der Waals surface area contributed by atoms with Gasteiger partial charge in [-0.25, -0.2) is 4.39 Å². The van der Waals surface area contributed by atoms with Gasteiger partial charge < -0.3 is 0 Å². The van der Waals surface area contributed by atoms with Gasteiger partial charge in [0.15, 0.2) is 0 Å². The topological polar surface area (TPSA) is 0 Å². The molecule has 0 bridgehead atoms. The zero-order valence-corrected chi connectivity index (χ0v) is 11.4. The SMILES string of the molecule is Fc1cc(Br)c(C=CCCS)c(Br)c1. The van der Waals surface area contributed by atoms with E-state index in [0.29, 0.717) is 0 Å². The number of rotatable bonds is 3. The highest BCUT2D eigenvalue weighted by molar-refractivity contribution is 9.11. The van der Waals surface area contributed by atoms with E-state index in [2.05, 4.69) is 44.5 Å². The van der Waals surface area contributed by atoms with E-state index in [1.165, 1.54) is 12.1 Å². The van der Waals surface area contributed by atoms with E-state index >= 15 is 0 Å². The summed E-state index contributed by atoms with van der Waals surface area (Å²) in [4.78, 5) is 0. The van der Waals surface area contributed by atoms with Crippen LogP contribution in [-0.4, -0.2) is 5.75 Å². The molecule has 14 heavy (non-hydrogen) atoms. The van der Waals surface area contributed by atoms with Crippen molar-refractivity contribution in [3.8, 4) is 0 Å². The Labute approximate surface area is 105 Å². The Morgan fingerprint density at radius 2 is 1.86 bits per heavy atom. The van der Waals surface area contributed by atoms with E-state index in [1.807, 2.05) is 12.2 Å². The minimum atomic E-state index is -0.255. The molecule has 0 aliphatic carbocycles. The van der Waals surface area contributed by atoms with Crippen LogP contribution in [-0.2, 0) is 0 Å². The summed E-state index contributed by atoms with van der Waals surface area (Å²) in [6.07, 6.45) is 4.86. The van der Waals surface area contributed by atoms with Crippen molar-refractivity contribution in [2.75, 3.05) is 5.75 Å². The molecule has 0 amide bonds. The molecule has 0 saturated heterocycles. The Hall–Kier alpha value is 0.200. The lowest BCUT2D eigenvalue weighted by Crippen LogP contribution is -1.82. The maximum Gasteiger partial charge on any atom is 0.125 e. The minimum absolute atomic E-state index is 0.255. The highest BCUT2D eigenvalue weighted by Gasteiger charge is 2.03. The lowest BCUT2D eigenvalue weighted by molar-refractivity contribution is 0.626. The molecular formula is C10H9Br2FS. The van der Waals surface area contributed by atoms with Crippen LogP contribution in [0.15, 0.2) is 27.2 Å². The van der Waals surface area contributed by atoms with Crippen molar-refractivity contribution in [2.24, 2.45) is 0 Å². The van der Waals surface area contributed by atoms with E-state index in [4.69, 9.17) is 0 Å². The summed E-state index contributed by atoms with van der Waals surface area (Å²) in [6, 6.07) is 2.90. The normalized spacial score (nSPS) is 11.1. The van der Waals surface area contributed by atoms with Gasteiger partial charge in [-0.15, -0.1) is 0 Å². The molecule has 0 aliphatic heterocycles. The Morgan fingerprint density at radius 3 is 2.36 bits per heavy atom. The third-order valence-corrected chi connectivity index (χ3v) is 3.19. The number of benzene rings is 1. The van der Waals surface area contributed by atoms with Gasteiger partial charge in [-0.05, 0) is 24.3 Å². The molecule has 0 spiro atoms. The molecule has 0 unspecified atom stereocenters. The monoisotopic (exact) mass is 338 g/mol. The van der Waals surface area contributed by atoms with Crippen LogP contribution in [0, 0.1) is 5.82 Å². The Balaban J connectivity index is 2.96. The summed E-state index contributed by atoms with van der Waals surface area (Å²) < 4.78 is 14.4. The van der Waals surface area contributed by atoms with Crippen LogP contribution >= 0.6 is 44.5 Å². The molecule has 0 heterocycles. The predicted molar refractivity (Wildman–Crippen MR) is 69.3 cm³/mol. The maximum atomic E-state index is 12.9. The zero-order valence-electron chi connectivity index (χ0n) is 7.30.